The summed E-state index contributed by atoms with van der Waals surface area (Å²) in [4.78, 5) is 0. The maximum atomic E-state index is 5.90. The van der Waals surface area contributed by atoms with Crippen LogP contribution in [-0.4, -0.2) is 24.4 Å². The van der Waals surface area contributed by atoms with Gasteiger partial charge in [-0.2, -0.15) is 0 Å². The van der Waals surface area contributed by atoms with Crippen molar-refractivity contribution in [1.29, 1.82) is 0 Å². The highest BCUT2D eigenvalue weighted by atomic mass is 16.5. The summed E-state index contributed by atoms with van der Waals surface area (Å²) in [6, 6.07) is 0. The minimum Gasteiger partial charge on any atom is -0.374 e. The average molecular weight is 164 g/mol. The van der Waals surface area contributed by atoms with Gasteiger partial charge < -0.3 is 9.47 Å². The molecule has 4 heterocycles. The molecule has 0 saturated carbocycles. The van der Waals surface area contributed by atoms with Crippen LogP contribution < -0.4 is 0 Å². The monoisotopic (exact) mass is 164 g/mol. The van der Waals surface area contributed by atoms with Crippen molar-refractivity contribution in [3.8, 4) is 0 Å². The molecule has 4 rings (SSSR count). The molecular formula is C10H12O2. The predicted octanol–water partition coefficient (Wildman–Crippen LogP) is 1.12. The molecule has 12 heavy (non-hydrogen) atoms. The molecule has 0 aromatic heterocycles. The summed E-state index contributed by atoms with van der Waals surface area (Å²) in [5, 5.41) is 0. The third kappa shape index (κ3) is 0.511. The minimum atomic E-state index is 0.398. The SMILES string of the molecule is C1=C[C@H]2O[C@@H]1[C@H]1[C@@H]2[C@H]2CC[C@@H]1O2. The van der Waals surface area contributed by atoms with Crippen molar-refractivity contribution < 1.29 is 9.47 Å². The molecule has 4 bridgehead atoms. The summed E-state index contributed by atoms with van der Waals surface area (Å²) < 4.78 is 11.7. The lowest BCUT2D eigenvalue weighted by atomic mass is 9.73. The van der Waals surface area contributed by atoms with E-state index in [1.54, 1.807) is 0 Å². The molecule has 3 fully saturated rings. The van der Waals surface area contributed by atoms with E-state index in [1.165, 1.54) is 12.8 Å². The molecule has 0 aromatic rings. The van der Waals surface area contributed by atoms with Gasteiger partial charge in [0.1, 0.15) is 0 Å². The highest BCUT2D eigenvalue weighted by Gasteiger charge is 2.60. The number of ether oxygens (including phenoxy) is 2. The van der Waals surface area contributed by atoms with Gasteiger partial charge in [-0.05, 0) is 12.8 Å². The van der Waals surface area contributed by atoms with Gasteiger partial charge in [0.15, 0.2) is 0 Å². The van der Waals surface area contributed by atoms with Gasteiger partial charge in [-0.25, -0.2) is 0 Å². The van der Waals surface area contributed by atoms with E-state index in [-0.39, 0.29) is 0 Å². The Balaban J connectivity index is 1.82. The van der Waals surface area contributed by atoms with Gasteiger partial charge in [0.05, 0.1) is 24.4 Å². The zero-order valence-corrected chi connectivity index (χ0v) is 6.85. The van der Waals surface area contributed by atoms with E-state index in [0.29, 0.717) is 36.3 Å². The second kappa shape index (κ2) is 1.78. The zero-order chi connectivity index (χ0) is 7.71. The van der Waals surface area contributed by atoms with Crippen LogP contribution in [0.1, 0.15) is 12.8 Å². The van der Waals surface area contributed by atoms with Crippen LogP contribution >= 0.6 is 0 Å². The molecule has 0 radical (unpaired) electrons. The highest BCUT2D eigenvalue weighted by molar-refractivity contribution is 5.20. The smallest absolute Gasteiger partial charge is 0.0822 e. The summed E-state index contributed by atoms with van der Waals surface area (Å²) in [6.07, 6.45) is 8.86. The lowest BCUT2D eigenvalue weighted by Gasteiger charge is -2.25. The van der Waals surface area contributed by atoms with Gasteiger partial charge in [0, 0.05) is 11.8 Å². The number of hydrogen-bond donors (Lipinski definition) is 0. The van der Waals surface area contributed by atoms with Crippen LogP contribution in [0.15, 0.2) is 12.2 Å². The van der Waals surface area contributed by atoms with Crippen LogP contribution in [0.5, 0.6) is 0 Å². The molecule has 0 unspecified atom stereocenters. The van der Waals surface area contributed by atoms with Gasteiger partial charge >= 0.3 is 0 Å². The van der Waals surface area contributed by atoms with E-state index in [0.717, 1.165) is 0 Å². The number of fused-ring (bicyclic) bond motifs is 9. The highest BCUT2D eigenvalue weighted by Crippen LogP contribution is 2.54. The van der Waals surface area contributed by atoms with Gasteiger partial charge in [-0.1, -0.05) is 12.2 Å². The first-order valence-corrected chi connectivity index (χ1v) is 4.93. The van der Waals surface area contributed by atoms with Crippen molar-refractivity contribution >= 4 is 0 Å². The van der Waals surface area contributed by atoms with Crippen molar-refractivity contribution in [1.82, 2.24) is 0 Å². The molecule has 2 heteroatoms. The van der Waals surface area contributed by atoms with Crippen molar-refractivity contribution in [3.63, 3.8) is 0 Å². The summed E-state index contributed by atoms with van der Waals surface area (Å²) in [7, 11) is 0. The number of rotatable bonds is 0. The lowest BCUT2D eigenvalue weighted by molar-refractivity contribution is 0.0155. The molecule has 4 aliphatic heterocycles. The Labute approximate surface area is 71.5 Å². The molecule has 64 valence electrons. The summed E-state index contributed by atoms with van der Waals surface area (Å²) in [5.41, 5.74) is 0. The first kappa shape index (κ1) is 6.17. The maximum Gasteiger partial charge on any atom is 0.0822 e. The van der Waals surface area contributed by atoms with E-state index >= 15 is 0 Å². The molecule has 6 atom stereocenters. The van der Waals surface area contributed by atoms with Gasteiger partial charge in [0.2, 0.25) is 0 Å². The molecular weight excluding hydrogens is 152 g/mol. The number of hydrogen-bond acceptors (Lipinski definition) is 2. The first-order valence-electron chi connectivity index (χ1n) is 4.93. The molecule has 0 aliphatic carbocycles. The van der Waals surface area contributed by atoms with Crippen LogP contribution in [0.25, 0.3) is 0 Å². The average Bonchev–Trinajstić information content (AvgIpc) is 2.83. The first-order chi connectivity index (χ1) is 5.93. The summed E-state index contributed by atoms with van der Waals surface area (Å²) in [6.45, 7) is 0. The van der Waals surface area contributed by atoms with E-state index < -0.39 is 0 Å². The maximum absolute atomic E-state index is 5.90. The molecule has 0 aromatic carbocycles. The van der Waals surface area contributed by atoms with E-state index in [1.807, 2.05) is 0 Å². The fourth-order valence-electron chi connectivity index (χ4n) is 3.54. The zero-order valence-electron chi connectivity index (χ0n) is 6.85. The van der Waals surface area contributed by atoms with Gasteiger partial charge in [0.25, 0.3) is 0 Å². The predicted molar refractivity (Wildman–Crippen MR) is 42.7 cm³/mol. The Kier molecular flexibility index (Phi) is 0.913. The van der Waals surface area contributed by atoms with Crippen molar-refractivity contribution in [3.05, 3.63) is 12.2 Å². The Morgan fingerprint density at radius 2 is 1.42 bits per heavy atom. The van der Waals surface area contributed by atoms with Gasteiger partial charge in [-0.15, -0.1) is 0 Å². The van der Waals surface area contributed by atoms with E-state index in [4.69, 9.17) is 9.47 Å². The fourth-order valence-corrected chi connectivity index (χ4v) is 3.54. The van der Waals surface area contributed by atoms with Crippen molar-refractivity contribution in [2.24, 2.45) is 11.8 Å². The second-order valence-corrected chi connectivity index (χ2v) is 4.40. The fraction of sp³-hybridized carbons (Fsp3) is 0.800. The molecule has 0 spiro atoms. The van der Waals surface area contributed by atoms with E-state index in [9.17, 15) is 0 Å². The molecule has 2 nitrogen and oxygen atoms in total. The summed E-state index contributed by atoms with van der Waals surface area (Å²) >= 11 is 0. The Hall–Kier alpha value is -0.340. The topological polar surface area (TPSA) is 18.5 Å². The van der Waals surface area contributed by atoms with Crippen LogP contribution in [0.4, 0.5) is 0 Å². The molecule has 0 N–H and O–H groups in total. The van der Waals surface area contributed by atoms with Crippen molar-refractivity contribution in [2.45, 2.75) is 37.3 Å². The molecule has 3 saturated heterocycles. The van der Waals surface area contributed by atoms with Crippen LogP contribution in [0.2, 0.25) is 0 Å². The molecule has 0 amide bonds. The second-order valence-electron chi connectivity index (χ2n) is 4.40. The third-order valence-corrected chi connectivity index (χ3v) is 3.95. The van der Waals surface area contributed by atoms with Gasteiger partial charge in [-0.3, -0.25) is 0 Å². The third-order valence-electron chi connectivity index (χ3n) is 3.95. The van der Waals surface area contributed by atoms with Crippen molar-refractivity contribution in [2.75, 3.05) is 0 Å². The van der Waals surface area contributed by atoms with Crippen LogP contribution in [-0.2, 0) is 9.47 Å². The minimum absolute atomic E-state index is 0.398. The Bertz CT molecular complexity index is 237. The van der Waals surface area contributed by atoms with Crippen LogP contribution in [0, 0.1) is 11.8 Å². The van der Waals surface area contributed by atoms with Crippen LogP contribution in [0.3, 0.4) is 0 Å². The summed E-state index contributed by atoms with van der Waals surface area (Å²) in [5.74, 6) is 1.41. The Morgan fingerprint density at radius 1 is 0.833 bits per heavy atom. The quantitative estimate of drug-likeness (QED) is 0.499. The standard InChI is InChI=1S/C10H12O2/c1-2-6-10-8-4-3-7(12-8)9(10)5(1)11-6/h1-2,5-10H,3-4H2/t5-,6+,7-,8+,9+,10-. The lowest BCUT2D eigenvalue weighted by Crippen LogP contribution is -2.33. The Morgan fingerprint density at radius 3 is 2.00 bits per heavy atom. The molecule has 4 aliphatic rings. The van der Waals surface area contributed by atoms with E-state index in [2.05, 4.69) is 12.2 Å². The largest absolute Gasteiger partial charge is 0.374 e. The normalized spacial score (nSPS) is 64.7.